The van der Waals surface area contributed by atoms with Gasteiger partial charge in [-0.2, -0.15) is 0 Å². The number of anilines is 1. The van der Waals surface area contributed by atoms with Crippen LogP contribution in [-0.4, -0.2) is 23.8 Å². The molecule has 1 amide bonds. The summed E-state index contributed by atoms with van der Waals surface area (Å²) in [5.74, 6) is -1.30. The SMILES string of the molecule is CC(=O)c1cccc(NC(=O)[C@@H](C)OC(=O)/C=C/c2ccc(Cl)c(Cl)c2)c1. The van der Waals surface area contributed by atoms with Gasteiger partial charge in [0.15, 0.2) is 11.9 Å². The molecule has 0 aliphatic heterocycles. The van der Waals surface area contributed by atoms with E-state index in [0.29, 0.717) is 26.9 Å². The second-order valence-corrected chi connectivity index (χ2v) is 6.53. The second-order valence-electron chi connectivity index (χ2n) is 5.71. The molecule has 0 aliphatic rings. The van der Waals surface area contributed by atoms with E-state index in [4.69, 9.17) is 27.9 Å². The van der Waals surface area contributed by atoms with E-state index in [9.17, 15) is 14.4 Å². The molecule has 0 saturated heterocycles. The van der Waals surface area contributed by atoms with Crippen LogP contribution < -0.4 is 5.32 Å². The zero-order valence-corrected chi connectivity index (χ0v) is 16.2. The van der Waals surface area contributed by atoms with E-state index < -0.39 is 18.0 Å². The first kappa shape index (κ1) is 20.7. The number of ketones is 1. The zero-order valence-electron chi connectivity index (χ0n) is 14.7. The molecule has 0 fully saturated rings. The fraction of sp³-hybridized carbons (Fsp3) is 0.150. The molecule has 0 heterocycles. The van der Waals surface area contributed by atoms with Crippen LogP contribution in [0.1, 0.15) is 29.8 Å². The normalized spacial score (nSPS) is 11.9. The molecule has 140 valence electrons. The van der Waals surface area contributed by atoms with Crippen molar-refractivity contribution in [3.05, 3.63) is 69.7 Å². The fourth-order valence-corrected chi connectivity index (χ4v) is 2.41. The number of amides is 1. The van der Waals surface area contributed by atoms with Gasteiger partial charge in [-0.1, -0.05) is 41.4 Å². The number of esters is 1. The molecule has 0 unspecified atom stereocenters. The van der Waals surface area contributed by atoms with Crippen LogP contribution >= 0.6 is 23.2 Å². The molecule has 2 rings (SSSR count). The van der Waals surface area contributed by atoms with Gasteiger partial charge in [0.25, 0.3) is 5.91 Å². The second kappa shape index (κ2) is 9.35. The molecular weight excluding hydrogens is 389 g/mol. The van der Waals surface area contributed by atoms with Crippen LogP contribution in [0.5, 0.6) is 0 Å². The number of ether oxygens (including phenoxy) is 1. The van der Waals surface area contributed by atoms with Crippen LogP contribution in [0, 0.1) is 0 Å². The first-order valence-corrected chi connectivity index (χ1v) is 8.77. The Hall–Kier alpha value is -2.63. The predicted molar refractivity (Wildman–Crippen MR) is 106 cm³/mol. The van der Waals surface area contributed by atoms with Crippen molar-refractivity contribution in [3.63, 3.8) is 0 Å². The highest BCUT2D eigenvalue weighted by Crippen LogP contribution is 2.23. The Morgan fingerprint density at radius 3 is 2.48 bits per heavy atom. The van der Waals surface area contributed by atoms with Crippen molar-refractivity contribution in [2.24, 2.45) is 0 Å². The summed E-state index contributed by atoms with van der Waals surface area (Å²) in [5.41, 5.74) is 1.59. The van der Waals surface area contributed by atoms with Gasteiger partial charge in [0.2, 0.25) is 0 Å². The van der Waals surface area contributed by atoms with E-state index in [2.05, 4.69) is 5.32 Å². The van der Waals surface area contributed by atoms with Gasteiger partial charge >= 0.3 is 5.97 Å². The molecule has 27 heavy (non-hydrogen) atoms. The average Bonchev–Trinajstić information content (AvgIpc) is 2.62. The smallest absolute Gasteiger partial charge is 0.331 e. The molecule has 0 spiro atoms. The van der Waals surface area contributed by atoms with Crippen molar-refractivity contribution < 1.29 is 19.1 Å². The summed E-state index contributed by atoms with van der Waals surface area (Å²) in [6.45, 7) is 2.89. The highest BCUT2D eigenvalue weighted by atomic mass is 35.5. The van der Waals surface area contributed by atoms with Crippen molar-refractivity contribution in [2.45, 2.75) is 20.0 Å². The summed E-state index contributed by atoms with van der Waals surface area (Å²) in [7, 11) is 0. The standard InChI is InChI=1S/C20H17Cl2NO4/c1-12(24)15-4-3-5-16(11-15)23-20(26)13(2)27-19(25)9-7-14-6-8-17(21)18(22)10-14/h3-11,13H,1-2H3,(H,23,26)/b9-7+/t13-/m1/s1. The van der Waals surface area contributed by atoms with Gasteiger partial charge in [-0.25, -0.2) is 4.79 Å². The number of nitrogens with one attached hydrogen (secondary N) is 1. The third kappa shape index (κ3) is 6.24. The lowest BCUT2D eigenvalue weighted by Gasteiger charge is -2.12. The lowest BCUT2D eigenvalue weighted by molar-refractivity contribution is -0.148. The van der Waals surface area contributed by atoms with E-state index in [1.165, 1.54) is 26.0 Å². The zero-order chi connectivity index (χ0) is 20.0. The summed E-state index contributed by atoms with van der Waals surface area (Å²) in [6.07, 6.45) is 1.68. The molecule has 2 aromatic rings. The van der Waals surface area contributed by atoms with Gasteiger partial charge in [0, 0.05) is 17.3 Å². The van der Waals surface area contributed by atoms with E-state index >= 15 is 0 Å². The summed E-state index contributed by atoms with van der Waals surface area (Å²) in [5, 5.41) is 3.39. The van der Waals surface area contributed by atoms with E-state index in [1.807, 2.05) is 0 Å². The first-order chi connectivity index (χ1) is 12.8. The Morgan fingerprint density at radius 1 is 1.07 bits per heavy atom. The Bertz CT molecular complexity index is 909. The maximum absolute atomic E-state index is 12.2. The number of rotatable bonds is 6. The summed E-state index contributed by atoms with van der Waals surface area (Å²) in [4.78, 5) is 35.4. The maximum atomic E-state index is 12.2. The molecule has 0 radical (unpaired) electrons. The van der Waals surface area contributed by atoms with Gasteiger partial charge in [0.1, 0.15) is 0 Å². The van der Waals surface area contributed by atoms with Crippen molar-refractivity contribution >= 4 is 52.6 Å². The molecule has 0 aliphatic carbocycles. The van der Waals surface area contributed by atoms with E-state index in [-0.39, 0.29) is 5.78 Å². The Morgan fingerprint density at radius 2 is 1.81 bits per heavy atom. The number of Topliss-reactive ketones (excluding diaryl/α,β-unsaturated/α-hetero) is 1. The predicted octanol–water partition coefficient (Wildman–Crippen LogP) is 4.78. The lowest BCUT2D eigenvalue weighted by atomic mass is 10.1. The minimum absolute atomic E-state index is 0.113. The number of carbonyl (C=O) groups is 3. The van der Waals surface area contributed by atoms with Crippen molar-refractivity contribution in [1.82, 2.24) is 0 Å². The van der Waals surface area contributed by atoms with Crippen molar-refractivity contribution in [1.29, 1.82) is 0 Å². The molecule has 1 N–H and O–H groups in total. The van der Waals surface area contributed by atoms with Gasteiger partial charge in [-0.05, 0) is 49.8 Å². The van der Waals surface area contributed by atoms with E-state index in [0.717, 1.165) is 0 Å². The Labute approximate surface area is 166 Å². The van der Waals surface area contributed by atoms with Crippen LogP contribution in [-0.2, 0) is 14.3 Å². The van der Waals surface area contributed by atoms with Crippen LogP contribution in [0.4, 0.5) is 5.69 Å². The molecule has 2 aromatic carbocycles. The molecule has 5 nitrogen and oxygen atoms in total. The fourth-order valence-electron chi connectivity index (χ4n) is 2.11. The van der Waals surface area contributed by atoms with Gasteiger partial charge in [-0.3, -0.25) is 9.59 Å². The molecule has 0 aromatic heterocycles. The van der Waals surface area contributed by atoms with Gasteiger partial charge in [-0.15, -0.1) is 0 Å². The average molecular weight is 406 g/mol. The molecule has 0 bridgehead atoms. The third-order valence-electron chi connectivity index (χ3n) is 3.55. The highest BCUT2D eigenvalue weighted by molar-refractivity contribution is 6.42. The Kier molecular flexibility index (Phi) is 7.16. The highest BCUT2D eigenvalue weighted by Gasteiger charge is 2.17. The minimum atomic E-state index is -1.02. The molecule has 0 saturated carbocycles. The van der Waals surface area contributed by atoms with Crippen LogP contribution in [0.3, 0.4) is 0 Å². The lowest BCUT2D eigenvalue weighted by Crippen LogP contribution is -2.29. The largest absolute Gasteiger partial charge is 0.449 e. The minimum Gasteiger partial charge on any atom is -0.449 e. The monoisotopic (exact) mass is 405 g/mol. The number of hydrogen-bond acceptors (Lipinski definition) is 4. The molecule has 7 heteroatoms. The van der Waals surface area contributed by atoms with Crippen molar-refractivity contribution in [2.75, 3.05) is 5.32 Å². The first-order valence-electron chi connectivity index (χ1n) is 8.02. The Balaban J connectivity index is 1.94. The number of hydrogen-bond donors (Lipinski definition) is 1. The van der Waals surface area contributed by atoms with Crippen molar-refractivity contribution in [3.8, 4) is 0 Å². The quantitative estimate of drug-likeness (QED) is 0.426. The van der Waals surface area contributed by atoms with Crippen LogP contribution in [0.2, 0.25) is 10.0 Å². The molecule has 1 atom stereocenters. The summed E-state index contributed by atoms with van der Waals surface area (Å²) < 4.78 is 5.07. The third-order valence-corrected chi connectivity index (χ3v) is 4.29. The van der Waals surface area contributed by atoms with Crippen LogP contribution in [0.15, 0.2) is 48.5 Å². The molecular formula is C20H17Cl2NO4. The van der Waals surface area contributed by atoms with Gasteiger partial charge in [0.05, 0.1) is 10.0 Å². The summed E-state index contributed by atoms with van der Waals surface area (Å²) >= 11 is 11.7. The number of benzene rings is 2. The number of carbonyl (C=O) groups excluding carboxylic acids is 3. The van der Waals surface area contributed by atoms with Gasteiger partial charge < -0.3 is 10.1 Å². The maximum Gasteiger partial charge on any atom is 0.331 e. The number of halogens is 2. The summed E-state index contributed by atoms with van der Waals surface area (Å²) in [6, 6.07) is 11.4. The van der Waals surface area contributed by atoms with E-state index in [1.54, 1.807) is 42.5 Å². The van der Waals surface area contributed by atoms with Crippen LogP contribution in [0.25, 0.3) is 6.08 Å². The topological polar surface area (TPSA) is 72.5 Å².